The number of nitrogen functional groups attached to an aromatic ring is 1. The number of anilines is 1. The summed E-state index contributed by atoms with van der Waals surface area (Å²) < 4.78 is 0. The van der Waals surface area contributed by atoms with Crippen molar-refractivity contribution in [2.75, 3.05) is 5.73 Å². The molecule has 1 heterocycles. The van der Waals surface area contributed by atoms with Crippen LogP contribution >= 0.6 is 0 Å². The van der Waals surface area contributed by atoms with Crippen LogP contribution < -0.4 is 5.73 Å². The minimum absolute atomic E-state index is 0.0861. The third-order valence-electron chi connectivity index (χ3n) is 1.50. The molecule has 0 amide bonds. The number of hydrogen-bond donors (Lipinski definition) is 3. The number of aromatic amines is 1. The predicted molar refractivity (Wildman–Crippen MR) is 40.0 cm³/mol. The maximum atomic E-state index is 9.21. The van der Waals surface area contributed by atoms with E-state index in [1.807, 2.05) is 0 Å². The van der Waals surface area contributed by atoms with Crippen LogP contribution in [0.2, 0.25) is 0 Å². The Morgan fingerprint density at radius 1 is 1.45 bits per heavy atom. The standard InChI is InChI=1S/C6H6N4O/c7-3-1-2-4(11)6-5(3)8-10-9-6/h1-2,11H,7H2,(H,8,9,10). The quantitative estimate of drug-likeness (QED) is 0.371. The third-order valence-corrected chi connectivity index (χ3v) is 1.50. The Morgan fingerprint density at radius 3 is 3.00 bits per heavy atom. The zero-order valence-corrected chi connectivity index (χ0v) is 5.57. The van der Waals surface area contributed by atoms with E-state index >= 15 is 0 Å². The number of phenolic OH excluding ortho intramolecular Hbond substituents is 1. The molecule has 4 N–H and O–H groups in total. The first-order chi connectivity index (χ1) is 5.29. The smallest absolute Gasteiger partial charge is 0.156 e. The van der Waals surface area contributed by atoms with Gasteiger partial charge in [0.2, 0.25) is 0 Å². The summed E-state index contributed by atoms with van der Waals surface area (Å²) >= 11 is 0. The number of rotatable bonds is 0. The molecule has 0 saturated carbocycles. The second-order valence-electron chi connectivity index (χ2n) is 2.21. The first-order valence-corrected chi connectivity index (χ1v) is 3.07. The van der Waals surface area contributed by atoms with Crippen LogP contribution in [0, 0.1) is 0 Å². The number of hydrogen-bond acceptors (Lipinski definition) is 4. The molecule has 5 heteroatoms. The van der Waals surface area contributed by atoms with E-state index in [0.717, 1.165) is 0 Å². The molecule has 1 aromatic carbocycles. The Morgan fingerprint density at radius 2 is 2.27 bits per heavy atom. The lowest BCUT2D eigenvalue weighted by molar-refractivity contribution is 0.480. The third kappa shape index (κ3) is 0.706. The highest BCUT2D eigenvalue weighted by atomic mass is 16.3. The van der Waals surface area contributed by atoms with Gasteiger partial charge in [0.1, 0.15) is 11.3 Å². The SMILES string of the molecule is Nc1ccc(O)c2nn[nH]c12. The van der Waals surface area contributed by atoms with Gasteiger partial charge < -0.3 is 10.8 Å². The number of nitrogens with one attached hydrogen (secondary N) is 1. The number of phenols is 1. The van der Waals surface area contributed by atoms with E-state index in [9.17, 15) is 5.11 Å². The molecule has 5 nitrogen and oxygen atoms in total. The highest BCUT2D eigenvalue weighted by molar-refractivity contribution is 5.90. The minimum Gasteiger partial charge on any atom is -0.506 e. The normalized spacial score (nSPS) is 10.5. The summed E-state index contributed by atoms with van der Waals surface area (Å²) in [6, 6.07) is 3.08. The fourth-order valence-electron chi connectivity index (χ4n) is 0.939. The van der Waals surface area contributed by atoms with Crippen molar-refractivity contribution in [1.29, 1.82) is 0 Å². The van der Waals surface area contributed by atoms with Crippen molar-refractivity contribution in [3.63, 3.8) is 0 Å². The zero-order chi connectivity index (χ0) is 7.84. The van der Waals surface area contributed by atoms with Crippen LogP contribution in [0.1, 0.15) is 0 Å². The summed E-state index contributed by atoms with van der Waals surface area (Å²) in [5.41, 5.74) is 7.06. The first-order valence-electron chi connectivity index (χ1n) is 3.07. The first kappa shape index (κ1) is 5.96. The Labute approximate surface area is 61.8 Å². The molecule has 0 aliphatic carbocycles. The maximum Gasteiger partial charge on any atom is 0.156 e. The lowest BCUT2D eigenvalue weighted by atomic mass is 10.2. The van der Waals surface area contributed by atoms with Crippen LogP contribution in [0.4, 0.5) is 5.69 Å². The molecule has 0 aliphatic rings. The van der Waals surface area contributed by atoms with Crippen LogP contribution in [0.25, 0.3) is 11.0 Å². The Kier molecular flexibility index (Phi) is 1.00. The number of aromatic nitrogens is 3. The van der Waals surface area contributed by atoms with Gasteiger partial charge in [-0.05, 0) is 12.1 Å². The van der Waals surface area contributed by atoms with E-state index in [4.69, 9.17) is 5.73 Å². The lowest BCUT2D eigenvalue weighted by Gasteiger charge is -1.94. The fraction of sp³-hybridized carbons (Fsp3) is 0. The number of nitrogens with two attached hydrogens (primary N) is 1. The summed E-state index contributed by atoms with van der Waals surface area (Å²) in [5.74, 6) is 0.0861. The molecule has 0 unspecified atom stereocenters. The molecule has 0 aliphatic heterocycles. The Hall–Kier alpha value is -1.78. The predicted octanol–water partition coefficient (Wildman–Crippen LogP) is 0.246. The van der Waals surface area contributed by atoms with Crippen LogP contribution in [0.5, 0.6) is 5.75 Å². The van der Waals surface area contributed by atoms with Crippen LogP contribution in [-0.4, -0.2) is 20.5 Å². The van der Waals surface area contributed by atoms with Crippen molar-refractivity contribution < 1.29 is 5.11 Å². The van der Waals surface area contributed by atoms with Crippen molar-refractivity contribution in [3.05, 3.63) is 12.1 Å². The van der Waals surface area contributed by atoms with E-state index in [2.05, 4.69) is 15.4 Å². The van der Waals surface area contributed by atoms with E-state index < -0.39 is 0 Å². The minimum atomic E-state index is 0.0861. The molecular weight excluding hydrogens is 144 g/mol. The van der Waals surface area contributed by atoms with Crippen molar-refractivity contribution >= 4 is 16.7 Å². The molecule has 0 bridgehead atoms. The lowest BCUT2D eigenvalue weighted by Crippen LogP contribution is -1.85. The van der Waals surface area contributed by atoms with Gasteiger partial charge in [0.15, 0.2) is 5.52 Å². The second-order valence-corrected chi connectivity index (χ2v) is 2.21. The van der Waals surface area contributed by atoms with Gasteiger partial charge in [0.05, 0.1) is 5.69 Å². The summed E-state index contributed by atoms with van der Waals surface area (Å²) in [6.45, 7) is 0. The summed E-state index contributed by atoms with van der Waals surface area (Å²) in [5, 5.41) is 18.9. The van der Waals surface area contributed by atoms with Crippen molar-refractivity contribution in [2.24, 2.45) is 0 Å². The monoisotopic (exact) mass is 150 g/mol. The van der Waals surface area contributed by atoms with E-state index in [0.29, 0.717) is 16.7 Å². The van der Waals surface area contributed by atoms with Gasteiger partial charge in [-0.25, -0.2) is 0 Å². The highest BCUT2D eigenvalue weighted by Gasteiger charge is 2.04. The molecule has 1 aromatic heterocycles. The fourth-order valence-corrected chi connectivity index (χ4v) is 0.939. The second kappa shape index (κ2) is 1.85. The molecule has 2 aromatic rings. The zero-order valence-electron chi connectivity index (χ0n) is 5.57. The van der Waals surface area contributed by atoms with Gasteiger partial charge in [0.25, 0.3) is 0 Å². The number of fused-ring (bicyclic) bond motifs is 1. The van der Waals surface area contributed by atoms with Crippen LogP contribution in [-0.2, 0) is 0 Å². The van der Waals surface area contributed by atoms with Crippen molar-refractivity contribution in [2.45, 2.75) is 0 Å². The number of benzene rings is 1. The van der Waals surface area contributed by atoms with E-state index in [1.165, 1.54) is 6.07 Å². The average molecular weight is 150 g/mol. The Balaban J connectivity index is 2.96. The molecular formula is C6H6N4O. The molecule has 2 rings (SSSR count). The van der Waals surface area contributed by atoms with Gasteiger partial charge in [-0.2, -0.15) is 0 Å². The summed E-state index contributed by atoms with van der Waals surface area (Å²) in [4.78, 5) is 0. The van der Waals surface area contributed by atoms with Gasteiger partial charge in [-0.1, -0.05) is 5.21 Å². The molecule has 0 fully saturated rings. The van der Waals surface area contributed by atoms with Gasteiger partial charge in [-0.3, -0.25) is 5.10 Å². The molecule has 11 heavy (non-hydrogen) atoms. The maximum absolute atomic E-state index is 9.21. The highest BCUT2D eigenvalue weighted by Crippen LogP contribution is 2.24. The van der Waals surface area contributed by atoms with E-state index in [1.54, 1.807) is 6.07 Å². The molecule has 56 valence electrons. The molecule has 0 atom stereocenters. The van der Waals surface area contributed by atoms with Crippen molar-refractivity contribution in [1.82, 2.24) is 15.4 Å². The largest absolute Gasteiger partial charge is 0.506 e. The van der Waals surface area contributed by atoms with Gasteiger partial charge >= 0.3 is 0 Å². The number of aromatic hydroxyl groups is 1. The molecule has 0 spiro atoms. The molecule has 0 radical (unpaired) electrons. The Bertz CT molecular complexity index is 358. The molecule has 0 saturated heterocycles. The van der Waals surface area contributed by atoms with Crippen molar-refractivity contribution in [3.8, 4) is 5.75 Å². The van der Waals surface area contributed by atoms with Gasteiger partial charge in [0, 0.05) is 0 Å². The summed E-state index contributed by atoms with van der Waals surface area (Å²) in [7, 11) is 0. The number of H-pyrrole nitrogens is 1. The average Bonchev–Trinajstić information content (AvgIpc) is 2.45. The van der Waals surface area contributed by atoms with Crippen LogP contribution in [0.15, 0.2) is 12.1 Å². The topological polar surface area (TPSA) is 87.8 Å². The number of nitrogens with zero attached hydrogens (tertiary/aromatic N) is 2. The van der Waals surface area contributed by atoms with E-state index in [-0.39, 0.29) is 5.75 Å². The van der Waals surface area contributed by atoms with Gasteiger partial charge in [-0.15, -0.1) is 5.10 Å². The van der Waals surface area contributed by atoms with Crippen LogP contribution in [0.3, 0.4) is 0 Å². The summed E-state index contributed by atoms with van der Waals surface area (Å²) in [6.07, 6.45) is 0.